The predicted molar refractivity (Wildman–Crippen MR) is 193 cm³/mol. The summed E-state index contributed by atoms with van der Waals surface area (Å²) in [5.41, 5.74) is 37.8. The van der Waals surface area contributed by atoms with Gasteiger partial charge in [-0.05, 0) is 117 Å². The normalized spacial score (nSPS) is 10.2. The molecule has 8 rings (SSSR count). The van der Waals surface area contributed by atoms with Crippen molar-refractivity contribution in [2.24, 2.45) is 0 Å². The van der Waals surface area contributed by atoms with E-state index in [1.165, 1.54) is 45.3 Å². The molecule has 0 spiro atoms. The van der Waals surface area contributed by atoms with Crippen LogP contribution in [-0.4, -0.2) is 19.9 Å². The molecule has 0 atom stereocenters. The van der Waals surface area contributed by atoms with Crippen molar-refractivity contribution >= 4 is 107 Å². The first-order valence-electron chi connectivity index (χ1n) is 13.4. The number of fused-ring (bicyclic) bond motifs is 4. The van der Waals surface area contributed by atoms with Crippen LogP contribution in [-0.2, 0) is 42.1 Å². The number of nitrogens with one attached hydrogen (secondary N) is 4. The molecule has 232 valence electrons. The molecule has 0 unspecified atom stereocenters. The summed E-state index contributed by atoms with van der Waals surface area (Å²) >= 11 is 5.69. The quantitative estimate of drug-likeness (QED) is 0.140. The third-order valence-electron chi connectivity index (χ3n) is 6.48. The Kier molecular flexibility index (Phi) is 13.6. The third-order valence-corrected chi connectivity index (χ3v) is 9.82. The zero-order valence-electron chi connectivity index (χ0n) is 25.2. The van der Waals surface area contributed by atoms with Gasteiger partial charge in [0, 0.05) is 18.8 Å². The fourth-order valence-corrected chi connectivity index (χ4v) is 7.53. The van der Waals surface area contributed by atoms with Crippen LogP contribution in [0.5, 0.6) is 0 Å². The molecule has 4 heterocycles. The molecule has 4 aromatic carbocycles. The molecule has 0 aliphatic carbocycles. The Bertz CT molecular complexity index is 1890. The van der Waals surface area contributed by atoms with Crippen molar-refractivity contribution in [3.8, 4) is 0 Å². The topological polar surface area (TPSA) is 147 Å². The maximum absolute atomic E-state index is 7.33. The van der Waals surface area contributed by atoms with Gasteiger partial charge in [-0.3, -0.25) is 0 Å². The number of aryl methyl sites for hydroxylation is 4. The maximum Gasteiger partial charge on any atom is 2.00 e. The minimum absolute atomic E-state index is 0. The predicted octanol–water partition coefficient (Wildman–Crippen LogP) is 13.1. The number of thiazole rings is 4. The van der Waals surface area contributed by atoms with Gasteiger partial charge in [0.25, 0.3) is 0 Å². The molecule has 0 bridgehead atoms. The molecule has 4 N–H and O–H groups in total. The molecule has 14 heteroatoms. The first kappa shape index (κ1) is 37.5. The van der Waals surface area contributed by atoms with Gasteiger partial charge in [0.2, 0.25) is 0 Å². The van der Waals surface area contributed by atoms with Crippen LogP contribution in [0.3, 0.4) is 0 Å². The fraction of sp³-hybridized carbons (Fsp3) is 0.125. The number of hydrogen-bond acceptors (Lipinski definition) is 8. The summed E-state index contributed by atoms with van der Waals surface area (Å²) in [5, 5.41) is 1.59. The SMILES string of the molecule is Cc1cccc2sc([NH-])nc12.Cc1cccc2sc([NH-])nc12.Cc1cccc2sc([NH-])nc12.Cc1cccc2sc([NH-])nc12.[Mo+2].[Mo+2]. The van der Waals surface area contributed by atoms with Gasteiger partial charge < -0.3 is 42.9 Å². The van der Waals surface area contributed by atoms with Gasteiger partial charge in [-0.1, -0.05) is 48.5 Å². The van der Waals surface area contributed by atoms with Crippen molar-refractivity contribution in [3.05, 3.63) is 118 Å². The average Bonchev–Trinajstić information content (AvgIpc) is 3.75. The number of aromatic nitrogens is 4. The molecule has 4 aromatic heterocycles. The van der Waals surface area contributed by atoms with Gasteiger partial charge in [0.15, 0.2) is 0 Å². The average molecular weight is 845 g/mol. The van der Waals surface area contributed by atoms with E-state index in [0.29, 0.717) is 20.5 Å². The minimum atomic E-state index is 0. The van der Waals surface area contributed by atoms with Gasteiger partial charge >= 0.3 is 42.1 Å². The largest absolute Gasteiger partial charge is 2.00 e. The molecule has 0 amide bonds. The fourth-order valence-electron chi connectivity index (χ4n) is 4.34. The summed E-state index contributed by atoms with van der Waals surface area (Å²) in [7, 11) is 0. The van der Waals surface area contributed by atoms with Gasteiger partial charge in [-0.25, -0.2) is 0 Å². The molecule has 0 aliphatic heterocycles. The Morgan fingerprint density at radius 2 is 0.565 bits per heavy atom. The summed E-state index contributed by atoms with van der Waals surface area (Å²) in [6.45, 7) is 8.06. The Morgan fingerprint density at radius 1 is 0.370 bits per heavy atom. The van der Waals surface area contributed by atoms with Gasteiger partial charge in [0.1, 0.15) is 0 Å². The molecule has 46 heavy (non-hydrogen) atoms. The zero-order chi connectivity index (χ0) is 31.4. The Balaban J connectivity index is 0.000000165. The van der Waals surface area contributed by atoms with Gasteiger partial charge in [-0.15, -0.1) is 45.3 Å². The van der Waals surface area contributed by atoms with Crippen LogP contribution in [0, 0.1) is 27.7 Å². The number of rotatable bonds is 0. The molecule has 0 fully saturated rings. The van der Waals surface area contributed by atoms with Crippen molar-refractivity contribution in [1.29, 1.82) is 0 Å². The summed E-state index contributed by atoms with van der Waals surface area (Å²) in [4.78, 5) is 16.4. The van der Waals surface area contributed by atoms with Crippen LogP contribution in [0.15, 0.2) is 72.8 Å². The standard InChI is InChI=1S/4C8H7N2S.2Mo/c4*1-5-3-2-4-6-7(5)10-8(9)11-6;;/h4*2-4H,1H3,(H-,9,10);;/q4*-1;2*+2. The Morgan fingerprint density at radius 3 is 0.739 bits per heavy atom. The Hall–Kier alpha value is -2.98. The van der Waals surface area contributed by atoms with Crippen LogP contribution in [0.25, 0.3) is 63.8 Å². The second-order valence-electron chi connectivity index (χ2n) is 9.76. The number of hydrogen-bond donors (Lipinski definition) is 0. The van der Waals surface area contributed by atoms with E-state index in [4.69, 9.17) is 22.9 Å². The van der Waals surface area contributed by atoms with Crippen molar-refractivity contribution in [1.82, 2.24) is 19.9 Å². The van der Waals surface area contributed by atoms with Crippen molar-refractivity contribution in [2.75, 3.05) is 0 Å². The van der Waals surface area contributed by atoms with E-state index >= 15 is 0 Å². The van der Waals surface area contributed by atoms with Crippen LogP contribution < -0.4 is 0 Å². The summed E-state index contributed by atoms with van der Waals surface area (Å²) in [6, 6.07) is 24.0. The second kappa shape index (κ2) is 16.7. The van der Waals surface area contributed by atoms with Crippen molar-refractivity contribution in [2.45, 2.75) is 27.7 Å². The van der Waals surface area contributed by atoms with Crippen LogP contribution in [0.4, 0.5) is 20.5 Å². The molecule has 0 saturated heterocycles. The second-order valence-corrected chi connectivity index (χ2v) is 13.9. The summed E-state index contributed by atoms with van der Waals surface area (Å²) in [5.74, 6) is 0. The number of nitrogens with zero attached hydrogens (tertiary/aromatic N) is 4. The molecule has 8 aromatic rings. The first-order valence-corrected chi connectivity index (χ1v) is 16.7. The van der Waals surface area contributed by atoms with E-state index in [2.05, 4.69) is 19.9 Å². The first-order chi connectivity index (χ1) is 21.1. The van der Waals surface area contributed by atoms with Gasteiger partial charge in [-0.2, -0.15) is 0 Å². The van der Waals surface area contributed by atoms with Crippen LogP contribution in [0.1, 0.15) is 22.3 Å². The molecule has 0 saturated carbocycles. The summed E-state index contributed by atoms with van der Waals surface area (Å²) < 4.78 is 4.43. The molecular weight excluding hydrogens is 817 g/mol. The smallest absolute Gasteiger partial charge is 0.473 e. The monoisotopic (exact) mass is 848 g/mol. The third kappa shape index (κ3) is 9.09. The number of benzene rings is 4. The van der Waals surface area contributed by atoms with E-state index < -0.39 is 0 Å². The van der Waals surface area contributed by atoms with E-state index in [-0.39, 0.29) is 42.1 Å². The zero-order valence-corrected chi connectivity index (χ0v) is 32.4. The van der Waals surface area contributed by atoms with E-state index in [1.807, 2.05) is 100 Å². The van der Waals surface area contributed by atoms with E-state index in [1.54, 1.807) is 0 Å². The maximum atomic E-state index is 7.33. The van der Waals surface area contributed by atoms with E-state index in [9.17, 15) is 0 Å². The minimum Gasteiger partial charge on any atom is -0.473 e. The van der Waals surface area contributed by atoms with Gasteiger partial charge in [0.05, 0.1) is 0 Å². The number of para-hydroxylation sites is 4. The Labute approximate surface area is 311 Å². The molecule has 0 aliphatic rings. The van der Waals surface area contributed by atoms with E-state index in [0.717, 1.165) is 63.1 Å². The molecular formula is C32H28Mo2N8S4. The molecule has 0 radical (unpaired) electrons. The van der Waals surface area contributed by atoms with Crippen molar-refractivity contribution < 1.29 is 42.1 Å². The molecule has 8 nitrogen and oxygen atoms in total. The van der Waals surface area contributed by atoms with Crippen LogP contribution >= 0.6 is 45.3 Å². The summed E-state index contributed by atoms with van der Waals surface area (Å²) in [6.07, 6.45) is 0. The van der Waals surface area contributed by atoms with Crippen molar-refractivity contribution in [3.63, 3.8) is 0 Å². The van der Waals surface area contributed by atoms with Crippen LogP contribution in [0.2, 0.25) is 0 Å².